The van der Waals surface area contributed by atoms with E-state index in [1.165, 1.54) is 0 Å². The van der Waals surface area contributed by atoms with Crippen molar-refractivity contribution in [3.63, 3.8) is 0 Å². The highest BCUT2D eigenvalue weighted by Crippen LogP contribution is 2.25. The fourth-order valence-corrected chi connectivity index (χ4v) is 4.39. The number of anilines is 3. The number of carbonyl (C=O) groups is 1. The molecule has 8 nitrogen and oxygen atoms in total. The van der Waals surface area contributed by atoms with Crippen LogP contribution in [-0.2, 0) is 4.79 Å². The van der Waals surface area contributed by atoms with Gasteiger partial charge < -0.3 is 15.1 Å². The predicted octanol–water partition coefficient (Wildman–Crippen LogP) is 4.25. The second-order valence-corrected chi connectivity index (χ2v) is 8.95. The molecular weight excluding hydrogens is 438 g/mol. The Kier molecular flexibility index (Phi) is 6.43. The lowest BCUT2D eigenvalue weighted by atomic mass is 9.97. The standard InChI is InChI=1S/C27H29N7O/c1-32(2)23-12-10-22(11-13-23)29-27(35)21-9-6-17-33(19-21)24-14-15-25(31-30-24)34-18-16-28-26(34)20-7-4-3-5-8-20/h3-5,7-8,10-16,18,21H,6,9,17,19H2,1-2H3,(H,29,35). The zero-order chi connectivity index (χ0) is 24.2. The topological polar surface area (TPSA) is 79.2 Å². The van der Waals surface area contributed by atoms with Gasteiger partial charge in [0.25, 0.3) is 0 Å². The molecule has 5 rings (SSSR count). The molecule has 2 aromatic carbocycles. The van der Waals surface area contributed by atoms with Crippen molar-refractivity contribution in [2.45, 2.75) is 12.8 Å². The predicted molar refractivity (Wildman–Crippen MR) is 139 cm³/mol. The van der Waals surface area contributed by atoms with Crippen LogP contribution in [0, 0.1) is 5.92 Å². The van der Waals surface area contributed by atoms with Crippen LogP contribution in [0.5, 0.6) is 0 Å². The summed E-state index contributed by atoms with van der Waals surface area (Å²) in [4.78, 5) is 21.6. The third kappa shape index (κ3) is 5.01. The maximum absolute atomic E-state index is 13.0. The van der Waals surface area contributed by atoms with E-state index in [2.05, 4.69) is 25.4 Å². The van der Waals surface area contributed by atoms with E-state index in [-0.39, 0.29) is 11.8 Å². The number of rotatable bonds is 6. The van der Waals surface area contributed by atoms with E-state index >= 15 is 0 Å². The molecule has 0 aliphatic carbocycles. The van der Waals surface area contributed by atoms with Crippen molar-refractivity contribution in [1.82, 2.24) is 19.7 Å². The van der Waals surface area contributed by atoms with E-state index in [0.717, 1.165) is 48.0 Å². The number of nitrogens with zero attached hydrogens (tertiary/aromatic N) is 6. The van der Waals surface area contributed by atoms with Crippen LogP contribution < -0.4 is 15.1 Å². The summed E-state index contributed by atoms with van der Waals surface area (Å²) in [5.74, 6) is 2.25. The van der Waals surface area contributed by atoms with E-state index in [0.29, 0.717) is 12.4 Å². The summed E-state index contributed by atoms with van der Waals surface area (Å²) in [6.07, 6.45) is 5.44. The number of aromatic nitrogens is 4. The first-order chi connectivity index (χ1) is 17.1. The quantitative estimate of drug-likeness (QED) is 0.457. The van der Waals surface area contributed by atoms with E-state index in [1.54, 1.807) is 6.20 Å². The zero-order valence-corrected chi connectivity index (χ0v) is 20.0. The summed E-state index contributed by atoms with van der Waals surface area (Å²) >= 11 is 0. The summed E-state index contributed by atoms with van der Waals surface area (Å²) < 4.78 is 1.93. The van der Waals surface area contributed by atoms with Gasteiger partial charge in [0.15, 0.2) is 11.6 Å². The lowest BCUT2D eigenvalue weighted by Gasteiger charge is -2.32. The highest BCUT2D eigenvalue weighted by atomic mass is 16.1. The molecule has 1 unspecified atom stereocenters. The fourth-order valence-electron chi connectivity index (χ4n) is 4.39. The molecule has 1 aliphatic rings. The average Bonchev–Trinajstić information content (AvgIpc) is 3.40. The van der Waals surface area contributed by atoms with E-state index < -0.39 is 0 Å². The Bertz CT molecular complexity index is 1270. The van der Waals surface area contributed by atoms with Gasteiger partial charge in [-0.1, -0.05) is 30.3 Å². The zero-order valence-electron chi connectivity index (χ0n) is 20.0. The summed E-state index contributed by atoms with van der Waals surface area (Å²) in [5.41, 5.74) is 2.93. The maximum Gasteiger partial charge on any atom is 0.229 e. The van der Waals surface area contributed by atoms with Crippen molar-refractivity contribution in [1.29, 1.82) is 0 Å². The molecule has 1 fully saturated rings. The maximum atomic E-state index is 13.0. The molecule has 3 heterocycles. The summed E-state index contributed by atoms with van der Waals surface area (Å²) in [7, 11) is 3.99. The molecule has 1 atom stereocenters. The fraction of sp³-hybridized carbons (Fsp3) is 0.259. The smallest absolute Gasteiger partial charge is 0.229 e. The van der Waals surface area contributed by atoms with Gasteiger partial charge in [-0.2, -0.15) is 0 Å². The molecule has 0 radical (unpaired) electrons. The third-order valence-corrected chi connectivity index (χ3v) is 6.32. The minimum absolute atomic E-state index is 0.0443. The van der Waals surface area contributed by atoms with Crippen LogP contribution >= 0.6 is 0 Å². The molecule has 8 heteroatoms. The summed E-state index contributed by atoms with van der Waals surface area (Å²) in [5, 5.41) is 12.0. The molecule has 2 aromatic heterocycles. The molecule has 1 amide bonds. The lowest BCUT2D eigenvalue weighted by molar-refractivity contribution is -0.120. The van der Waals surface area contributed by atoms with E-state index in [4.69, 9.17) is 0 Å². The van der Waals surface area contributed by atoms with Gasteiger partial charge >= 0.3 is 0 Å². The number of hydrogen-bond donors (Lipinski definition) is 1. The molecule has 1 aliphatic heterocycles. The molecule has 0 spiro atoms. The lowest BCUT2D eigenvalue weighted by Crippen LogP contribution is -2.41. The second-order valence-electron chi connectivity index (χ2n) is 8.95. The molecule has 4 aromatic rings. The van der Waals surface area contributed by atoms with E-state index in [1.807, 2.05) is 96.5 Å². The number of benzene rings is 2. The number of piperidine rings is 1. The first kappa shape index (κ1) is 22.6. The normalized spacial score (nSPS) is 15.6. The summed E-state index contributed by atoms with van der Waals surface area (Å²) in [6.45, 7) is 1.48. The van der Waals surface area contributed by atoms with Crippen molar-refractivity contribution < 1.29 is 4.79 Å². The first-order valence-electron chi connectivity index (χ1n) is 11.8. The van der Waals surface area contributed by atoms with Gasteiger partial charge in [-0.05, 0) is 49.2 Å². The van der Waals surface area contributed by atoms with Gasteiger partial charge in [-0.3, -0.25) is 9.36 Å². The van der Waals surface area contributed by atoms with Crippen molar-refractivity contribution in [3.8, 4) is 17.2 Å². The number of imidazole rings is 1. The monoisotopic (exact) mass is 467 g/mol. The van der Waals surface area contributed by atoms with Crippen molar-refractivity contribution in [2.75, 3.05) is 42.3 Å². The van der Waals surface area contributed by atoms with Gasteiger partial charge in [-0.15, -0.1) is 10.2 Å². The Morgan fingerprint density at radius 2 is 1.71 bits per heavy atom. The van der Waals surface area contributed by atoms with Crippen LogP contribution in [-0.4, -0.2) is 52.8 Å². The van der Waals surface area contributed by atoms with Crippen molar-refractivity contribution >= 4 is 23.1 Å². The number of nitrogens with one attached hydrogen (secondary N) is 1. The first-order valence-corrected chi connectivity index (χ1v) is 11.8. The Morgan fingerprint density at radius 3 is 2.43 bits per heavy atom. The minimum atomic E-state index is -0.0999. The molecule has 178 valence electrons. The van der Waals surface area contributed by atoms with Crippen molar-refractivity contribution in [2.24, 2.45) is 5.92 Å². The van der Waals surface area contributed by atoms with Crippen LogP contribution in [0.1, 0.15) is 12.8 Å². The van der Waals surface area contributed by atoms with Crippen LogP contribution in [0.3, 0.4) is 0 Å². The highest BCUT2D eigenvalue weighted by Gasteiger charge is 2.27. The second kappa shape index (κ2) is 9.97. The Hall–Kier alpha value is -4.20. The van der Waals surface area contributed by atoms with Gasteiger partial charge in [0.05, 0.1) is 5.92 Å². The number of hydrogen-bond acceptors (Lipinski definition) is 6. The van der Waals surface area contributed by atoms with Crippen LogP contribution in [0.25, 0.3) is 17.2 Å². The average molecular weight is 468 g/mol. The van der Waals surface area contributed by atoms with Crippen LogP contribution in [0.2, 0.25) is 0 Å². The van der Waals surface area contributed by atoms with Gasteiger partial charge in [0, 0.05) is 56.5 Å². The van der Waals surface area contributed by atoms with E-state index in [9.17, 15) is 4.79 Å². The minimum Gasteiger partial charge on any atom is -0.378 e. The van der Waals surface area contributed by atoms with Gasteiger partial charge in [0.1, 0.15) is 5.82 Å². The summed E-state index contributed by atoms with van der Waals surface area (Å²) in [6, 6.07) is 21.8. The van der Waals surface area contributed by atoms with Gasteiger partial charge in [0.2, 0.25) is 5.91 Å². The molecule has 1 N–H and O–H groups in total. The molecular formula is C27H29N7O. The van der Waals surface area contributed by atoms with Crippen molar-refractivity contribution in [3.05, 3.63) is 79.1 Å². The molecule has 0 bridgehead atoms. The Balaban J connectivity index is 1.26. The Labute approximate surface area is 205 Å². The molecule has 35 heavy (non-hydrogen) atoms. The molecule has 1 saturated heterocycles. The van der Waals surface area contributed by atoms with Crippen LogP contribution in [0.15, 0.2) is 79.1 Å². The number of amides is 1. The SMILES string of the molecule is CN(C)c1ccc(NC(=O)C2CCCN(c3ccc(-n4ccnc4-c4ccccc4)nn3)C2)cc1. The highest BCUT2D eigenvalue weighted by molar-refractivity contribution is 5.93. The molecule has 0 saturated carbocycles. The number of carbonyl (C=O) groups excluding carboxylic acids is 1. The Morgan fingerprint density at radius 1 is 0.971 bits per heavy atom. The largest absolute Gasteiger partial charge is 0.378 e. The van der Waals surface area contributed by atoms with Gasteiger partial charge in [-0.25, -0.2) is 4.98 Å². The van der Waals surface area contributed by atoms with Crippen LogP contribution in [0.4, 0.5) is 17.2 Å². The third-order valence-electron chi connectivity index (χ3n) is 6.32.